The van der Waals surface area contributed by atoms with Gasteiger partial charge in [-0.3, -0.25) is 4.90 Å². The summed E-state index contributed by atoms with van der Waals surface area (Å²) in [6.45, 7) is 11.2. The molecule has 1 aromatic rings. The summed E-state index contributed by atoms with van der Waals surface area (Å²) in [6, 6.07) is 0. The Morgan fingerprint density at radius 3 is 2.54 bits per heavy atom. The quantitative estimate of drug-likeness (QED) is 0.241. The maximum Gasteiger partial charge on any atom is 0.191 e. The van der Waals surface area contributed by atoms with E-state index < -0.39 is 0 Å². The third kappa shape index (κ3) is 8.17. The van der Waals surface area contributed by atoms with Crippen LogP contribution in [0.5, 0.6) is 0 Å². The van der Waals surface area contributed by atoms with Crippen molar-refractivity contribution in [3.05, 3.63) is 11.6 Å². The first-order valence-electron chi connectivity index (χ1n) is 9.38. The minimum atomic E-state index is 0. The fourth-order valence-electron chi connectivity index (χ4n) is 2.65. The lowest BCUT2D eigenvalue weighted by Gasteiger charge is -2.26. The number of aromatic nitrogens is 3. The van der Waals surface area contributed by atoms with E-state index in [4.69, 9.17) is 4.74 Å². The van der Waals surface area contributed by atoms with Crippen LogP contribution in [0.15, 0.2) is 4.99 Å². The molecule has 0 bridgehead atoms. The molecule has 2 rings (SSSR count). The van der Waals surface area contributed by atoms with Gasteiger partial charge in [0.15, 0.2) is 11.8 Å². The fourth-order valence-corrected chi connectivity index (χ4v) is 2.65. The Labute approximate surface area is 174 Å². The highest BCUT2D eigenvalue weighted by Gasteiger charge is 2.10. The van der Waals surface area contributed by atoms with E-state index in [-0.39, 0.29) is 24.0 Å². The Morgan fingerprint density at radius 1 is 1.15 bits per heavy atom. The average molecular weight is 479 g/mol. The van der Waals surface area contributed by atoms with Crippen LogP contribution in [0.25, 0.3) is 0 Å². The van der Waals surface area contributed by atoms with Gasteiger partial charge in [-0.1, -0.05) is 19.8 Å². The summed E-state index contributed by atoms with van der Waals surface area (Å²) in [5, 5.41) is 15.1. The summed E-state index contributed by atoms with van der Waals surface area (Å²) < 4.78 is 7.37. The van der Waals surface area contributed by atoms with Gasteiger partial charge in [-0.25, -0.2) is 4.99 Å². The van der Waals surface area contributed by atoms with E-state index in [0.717, 1.165) is 70.0 Å². The SMILES string of the molecule is CCCCCNC(=NCc1nnc(C)n1C)NCCN1CCOCC1.I. The zero-order valence-electron chi connectivity index (χ0n) is 16.3. The highest BCUT2D eigenvalue weighted by Crippen LogP contribution is 1.99. The first-order valence-corrected chi connectivity index (χ1v) is 9.38. The molecule has 0 radical (unpaired) electrons. The standard InChI is InChI=1S/C17H33N7O.HI/c1-4-5-6-7-18-17(19-8-9-24-10-12-25-13-11-24)20-14-16-22-21-15(2)23(16)3;/h4-14H2,1-3H3,(H2,18,19,20);1H. The fraction of sp³-hybridized carbons (Fsp3) is 0.824. The van der Waals surface area contributed by atoms with Crippen LogP contribution in [0.4, 0.5) is 0 Å². The second kappa shape index (κ2) is 13.3. The normalized spacial score (nSPS) is 15.6. The zero-order valence-corrected chi connectivity index (χ0v) is 18.7. The van der Waals surface area contributed by atoms with Crippen LogP contribution in [-0.2, 0) is 18.3 Å². The van der Waals surface area contributed by atoms with Crippen molar-refractivity contribution >= 4 is 29.9 Å². The van der Waals surface area contributed by atoms with Crippen LogP contribution in [0, 0.1) is 6.92 Å². The molecule has 0 atom stereocenters. The third-order valence-corrected chi connectivity index (χ3v) is 4.46. The van der Waals surface area contributed by atoms with Gasteiger partial charge in [0.1, 0.15) is 12.4 Å². The van der Waals surface area contributed by atoms with E-state index in [1.54, 1.807) is 0 Å². The minimum Gasteiger partial charge on any atom is -0.379 e. The molecule has 150 valence electrons. The summed E-state index contributed by atoms with van der Waals surface area (Å²) in [6.07, 6.45) is 3.61. The van der Waals surface area contributed by atoms with Crippen molar-refractivity contribution in [1.29, 1.82) is 0 Å². The van der Waals surface area contributed by atoms with Gasteiger partial charge in [-0.2, -0.15) is 0 Å². The van der Waals surface area contributed by atoms with Gasteiger partial charge in [-0.05, 0) is 13.3 Å². The van der Waals surface area contributed by atoms with Crippen LogP contribution < -0.4 is 10.6 Å². The topological polar surface area (TPSA) is 79.6 Å². The number of hydrogen-bond acceptors (Lipinski definition) is 5. The largest absolute Gasteiger partial charge is 0.379 e. The van der Waals surface area contributed by atoms with Crippen molar-refractivity contribution in [3.8, 4) is 0 Å². The van der Waals surface area contributed by atoms with Crippen molar-refractivity contribution in [2.75, 3.05) is 45.9 Å². The maximum absolute atomic E-state index is 5.39. The number of guanidine groups is 1. The molecule has 2 heterocycles. The lowest BCUT2D eigenvalue weighted by Crippen LogP contribution is -2.44. The Hall–Kier alpha value is -0.940. The molecule has 1 fully saturated rings. The van der Waals surface area contributed by atoms with Crippen molar-refractivity contribution in [1.82, 2.24) is 30.3 Å². The van der Waals surface area contributed by atoms with E-state index in [0.29, 0.717) is 6.54 Å². The second-order valence-corrected chi connectivity index (χ2v) is 6.40. The number of unbranched alkanes of at least 4 members (excludes halogenated alkanes) is 2. The number of aliphatic imine (C=N–C) groups is 1. The monoisotopic (exact) mass is 479 g/mol. The van der Waals surface area contributed by atoms with Gasteiger partial charge in [0.05, 0.1) is 13.2 Å². The molecule has 9 heteroatoms. The van der Waals surface area contributed by atoms with Gasteiger partial charge in [0, 0.05) is 39.8 Å². The molecule has 0 aliphatic carbocycles. The smallest absolute Gasteiger partial charge is 0.191 e. The van der Waals surface area contributed by atoms with Crippen molar-refractivity contribution in [2.24, 2.45) is 12.0 Å². The van der Waals surface area contributed by atoms with E-state index in [1.165, 1.54) is 12.8 Å². The Kier molecular flexibility index (Phi) is 11.8. The van der Waals surface area contributed by atoms with E-state index in [1.807, 2.05) is 18.5 Å². The molecular formula is C17H34IN7O. The second-order valence-electron chi connectivity index (χ2n) is 6.40. The van der Waals surface area contributed by atoms with Gasteiger partial charge >= 0.3 is 0 Å². The van der Waals surface area contributed by atoms with Crippen LogP contribution in [0.3, 0.4) is 0 Å². The Balaban J connectivity index is 0.00000338. The first-order chi connectivity index (χ1) is 12.2. The molecule has 1 aromatic heterocycles. The molecule has 1 saturated heterocycles. The maximum atomic E-state index is 5.39. The molecule has 0 amide bonds. The lowest BCUT2D eigenvalue weighted by atomic mass is 10.2. The van der Waals surface area contributed by atoms with Crippen LogP contribution in [0.1, 0.15) is 37.8 Å². The Morgan fingerprint density at radius 2 is 1.88 bits per heavy atom. The number of rotatable bonds is 9. The molecule has 2 N–H and O–H groups in total. The number of nitrogens with one attached hydrogen (secondary N) is 2. The molecule has 1 aliphatic rings. The zero-order chi connectivity index (χ0) is 17.9. The first kappa shape index (κ1) is 23.1. The number of aryl methyl sites for hydroxylation is 1. The van der Waals surface area contributed by atoms with Crippen LogP contribution in [0.2, 0.25) is 0 Å². The molecule has 1 aliphatic heterocycles. The summed E-state index contributed by atoms with van der Waals surface area (Å²) in [5.74, 6) is 2.63. The van der Waals surface area contributed by atoms with Gasteiger partial charge in [0.25, 0.3) is 0 Å². The highest BCUT2D eigenvalue weighted by atomic mass is 127. The van der Waals surface area contributed by atoms with E-state index >= 15 is 0 Å². The molecule has 0 unspecified atom stereocenters. The predicted molar refractivity (Wildman–Crippen MR) is 115 cm³/mol. The number of morpholine rings is 1. The van der Waals surface area contributed by atoms with Gasteiger partial charge < -0.3 is 19.9 Å². The van der Waals surface area contributed by atoms with Crippen LogP contribution >= 0.6 is 24.0 Å². The summed E-state index contributed by atoms with van der Waals surface area (Å²) in [4.78, 5) is 7.09. The molecular weight excluding hydrogens is 445 g/mol. The third-order valence-electron chi connectivity index (χ3n) is 4.46. The predicted octanol–water partition coefficient (Wildman–Crippen LogP) is 1.30. The van der Waals surface area contributed by atoms with Gasteiger partial charge in [0.2, 0.25) is 0 Å². The van der Waals surface area contributed by atoms with Crippen molar-refractivity contribution in [3.63, 3.8) is 0 Å². The number of ether oxygens (including phenoxy) is 1. The number of halogens is 1. The molecule has 26 heavy (non-hydrogen) atoms. The van der Waals surface area contributed by atoms with E-state index in [2.05, 4.69) is 37.6 Å². The Bertz CT molecular complexity index is 529. The van der Waals surface area contributed by atoms with E-state index in [9.17, 15) is 0 Å². The molecule has 0 saturated carbocycles. The summed E-state index contributed by atoms with van der Waals surface area (Å²) in [5.41, 5.74) is 0. The van der Waals surface area contributed by atoms with Crippen molar-refractivity contribution < 1.29 is 4.74 Å². The molecule has 0 spiro atoms. The lowest BCUT2D eigenvalue weighted by molar-refractivity contribution is 0.0389. The minimum absolute atomic E-state index is 0. The van der Waals surface area contributed by atoms with Crippen molar-refractivity contribution in [2.45, 2.75) is 39.7 Å². The number of nitrogens with zero attached hydrogens (tertiary/aromatic N) is 5. The molecule has 0 aromatic carbocycles. The van der Waals surface area contributed by atoms with Gasteiger partial charge in [-0.15, -0.1) is 34.2 Å². The summed E-state index contributed by atoms with van der Waals surface area (Å²) >= 11 is 0. The van der Waals surface area contributed by atoms with Crippen LogP contribution in [-0.4, -0.2) is 71.6 Å². The average Bonchev–Trinajstić information content (AvgIpc) is 2.95. The molecule has 8 nitrogen and oxygen atoms in total. The highest BCUT2D eigenvalue weighted by molar-refractivity contribution is 14.0. The number of hydrogen-bond donors (Lipinski definition) is 2. The summed E-state index contributed by atoms with van der Waals surface area (Å²) in [7, 11) is 1.97.